The van der Waals surface area contributed by atoms with Gasteiger partial charge in [0.25, 0.3) is 0 Å². The number of hydrogen-bond donors (Lipinski definition) is 0. The second-order valence-electron chi connectivity index (χ2n) is 4.27. The van der Waals surface area contributed by atoms with Crippen molar-refractivity contribution in [1.82, 2.24) is 0 Å². The minimum atomic E-state index is -0.755. The van der Waals surface area contributed by atoms with Gasteiger partial charge in [-0.3, -0.25) is 0 Å². The average molecular weight is 262 g/mol. The second-order valence-corrected chi connectivity index (χ2v) is 4.27. The summed E-state index contributed by atoms with van der Waals surface area (Å²) in [5.74, 6) is 26.8. The first kappa shape index (κ1) is 17.8. The minimum absolute atomic E-state index is 0.102. The summed E-state index contributed by atoms with van der Waals surface area (Å²) >= 11 is 0. The van der Waals surface area contributed by atoms with Crippen molar-refractivity contribution in [1.29, 1.82) is 0 Å². The van der Waals surface area contributed by atoms with Gasteiger partial charge >= 0.3 is 0 Å². The molecule has 0 N–H and O–H groups in total. The Morgan fingerprint density at radius 2 is 1.75 bits per heavy atom. The molecule has 0 aliphatic carbocycles. The van der Waals surface area contributed by atoms with E-state index in [9.17, 15) is 0 Å². The fourth-order valence-corrected chi connectivity index (χ4v) is 1.69. The highest BCUT2D eigenvalue weighted by molar-refractivity contribution is 5.45. The quantitative estimate of drug-likeness (QED) is 0.677. The molecule has 102 valence electrons. The Kier molecular flexibility index (Phi) is 9.52. The van der Waals surface area contributed by atoms with Gasteiger partial charge in [-0.2, -0.15) is 0 Å². The average Bonchev–Trinajstić information content (AvgIpc) is 2.46. The Morgan fingerprint density at radius 3 is 2.25 bits per heavy atom. The lowest BCUT2D eigenvalue weighted by molar-refractivity contribution is 0.494. The molecule has 0 saturated carbocycles. The highest BCUT2D eigenvalue weighted by Crippen LogP contribution is 2.28. The fourth-order valence-electron chi connectivity index (χ4n) is 1.69. The van der Waals surface area contributed by atoms with Crippen molar-refractivity contribution in [3.63, 3.8) is 0 Å². The van der Waals surface area contributed by atoms with Crippen LogP contribution in [0, 0.1) is 71.0 Å². The van der Waals surface area contributed by atoms with Gasteiger partial charge in [-0.1, -0.05) is 50.4 Å². The zero-order valence-electron chi connectivity index (χ0n) is 13.0. The Morgan fingerprint density at radius 1 is 1.00 bits per heavy atom. The molecule has 0 radical (unpaired) electrons. The maximum atomic E-state index is 5.63. The molecule has 0 fully saturated rings. The first-order valence-electron chi connectivity index (χ1n) is 7.10. The smallest absolute Gasteiger partial charge is 0.120 e. The molecule has 0 aliphatic rings. The number of unbranched alkanes of at least 4 members (excludes halogenated alkanes) is 1. The summed E-state index contributed by atoms with van der Waals surface area (Å²) in [5, 5.41) is 0. The van der Waals surface area contributed by atoms with E-state index in [0.717, 1.165) is 25.7 Å². The number of rotatable bonds is 3. The highest BCUT2D eigenvalue weighted by Gasteiger charge is 2.31. The number of terminal acetylenes is 1. The third kappa shape index (κ3) is 5.63. The van der Waals surface area contributed by atoms with Crippen LogP contribution in [0.2, 0.25) is 0 Å². The van der Waals surface area contributed by atoms with Crippen molar-refractivity contribution in [2.45, 2.75) is 53.4 Å². The highest BCUT2D eigenvalue weighted by atomic mass is 14.3. The molecule has 0 nitrogen and oxygen atoms in total. The van der Waals surface area contributed by atoms with Crippen molar-refractivity contribution >= 4 is 0 Å². The molecule has 0 amide bonds. The van der Waals surface area contributed by atoms with Gasteiger partial charge in [-0.15, -0.1) is 18.3 Å². The largest absolute Gasteiger partial charge is 0.166 e. The zero-order valence-corrected chi connectivity index (χ0v) is 13.0. The summed E-state index contributed by atoms with van der Waals surface area (Å²) in [5.41, 5.74) is -0.755. The Balaban J connectivity index is 5.70. The third-order valence-electron chi connectivity index (χ3n) is 2.70. The summed E-state index contributed by atoms with van der Waals surface area (Å²) < 4.78 is 0. The molecule has 0 aromatic rings. The van der Waals surface area contributed by atoms with Crippen LogP contribution in [0.5, 0.6) is 0 Å². The standard InChI is InChI=1S/C20H22/c1-6-11-13-14-15-18-20(16-8-3,17-12-7-2)19(9-4)10-5/h4,19H,6-7,10-11H2,1-3,5H3. The van der Waals surface area contributed by atoms with Gasteiger partial charge in [0.1, 0.15) is 0 Å². The van der Waals surface area contributed by atoms with E-state index in [-0.39, 0.29) is 5.92 Å². The summed E-state index contributed by atoms with van der Waals surface area (Å²) in [6.45, 7) is 7.92. The van der Waals surface area contributed by atoms with Gasteiger partial charge in [0.05, 0.1) is 5.92 Å². The van der Waals surface area contributed by atoms with E-state index in [0.29, 0.717) is 0 Å². The van der Waals surface area contributed by atoms with Gasteiger partial charge in [0.2, 0.25) is 0 Å². The SMILES string of the molecule is C#CC(CC)C(C#CC)(C#CC#CCCC)C#CCC. The van der Waals surface area contributed by atoms with Crippen LogP contribution < -0.4 is 0 Å². The number of hydrogen-bond acceptors (Lipinski definition) is 0. The first-order valence-corrected chi connectivity index (χ1v) is 7.10. The predicted octanol–water partition coefficient (Wildman–Crippen LogP) is 3.88. The van der Waals surface area contributed by atoms with E-state index in [2.05, 4.69) is 60.2 Å². The summed E-state index contributed by atoms with van der Waals surface area (Å²) in [4.78, 5) is 0. The van der Waals surface area contributed by atoms with Gasteiger partial charge in [0.15, 0.2) is 5.41 Å². The van der Waals surface area contributed by atoms with Crippen molar-refractivity contribution in [2.24, 2.45) is 11.3 Å². The molecule has 20 heavy (non-hydrogen) atoms. The van der Waals surface area contributed by atoms with Crippen molar-refractivity contribution < 1.29 is 0 Å². The van der Waals surface area contributed by atoms with E-state index in [1.54, 1.807) is 6.92 Å². The molecule has 0 aliphatic heterocycles. The summed E-state index contributed by atoms with van der Waals surface area (Å²) in [6.07, 6.45) is 9.08. The van der Waals surface area contributed by atoms with Crippen LogP contribution in [-0.4, -0.2) is 0 Å². The van der Waals surface area contributed by atoms with E-state index in [1.165, 1.54) is 0 Å². The van der Waals surface area contributed by atoms with Crippen LogP contribution in [-0.2, 0) is 0 Å². The molecular formula is C20H22. The van der Waals surface area contributed by atoms with Crippen LogP contribution >= 0.6 is 0 Å². The van der Waals surface area contributed by atoms with Crippen LogP contribution in [0.3, 0.4) is 0 Å². The van der Waals surface area contributed by atoms with Crippen molar-refractivity contribution in [2.75, 3.05) is 0 Å². The maximum absolute atomic E-state index is 5.63. The lowest BCUT2D eigenvalue weighted by Gasteiger charge is -2.22. The third-order valence-corrected chi connectivity index (χ3v) is 2.70. The van der Waals surface area contributed by atoms with Crippen LogP contribution in [0.25, 0.3) is 0 Å². The van der Waals surface area contributed by atoms with Gasteiger partial charge in [0, 0.05) is 12.8 Å². The normalized spacial score (nSPS) is 12.3. The van der Waals surface area contributed by atoms with Gasteiger partial charge < -0.3 is 0 Å². The van der Waals surface area contributed by atoms with Gasteiger partial charge in [-0.05, 0) is 31.6 Å². The predicted molar refractivity (Wildman–Crippen MR) is 87.0 cm³/mol. The molecule has 2 atom stereocenters. The lowest BCUT2D eigenvalue weighted by Crippen LogP contribution is -2.25. The van der Waals surface area contributed by atoms with Crippen LogP contribution in [0.15, 0.2) is 0 Å². The fraction of sp³-hybridized carbons (Fsp3) is 0.500. The lowest BCUT2D eigenvalue weighted by atomic mass is 9.75. The van der Waals surface area contributed by atoms with Crippen molar-refractivity contribution in [3.05, 3.63) is 0 Å². The van der Waals surface area contributed by atoms with Crippen LogP contribution in [0.1, 0.15) is 53.4 Å². The van der Waals surface area contributed by atoms with E-state index < -0.39 is 5.41 Å². The molecular weight excluding hydrogens is 240 g/mol. The molecule has 0 spiro atoms. The monoisotopic (exact) mass is 262 g/mol. The molecule has 0 rings (SSSR count). The molecule has 0 aromatic heterocycles. The van der Waals surface area contributed by atoms with Gasteiger partial charge in [-0.25, -0.2) is 0 Å². The first-order chi connectivity index (χ1) is 9.70. The topological polar surface area (TPSA) is 0 Å². The Hall–Kier alpha value is -2.20. The Bertz CT molecular complexity index is 569. The van der Waals surface area contributed by atoms with E-state index in [4.69, 9.17) is 6.42 Å². The molecule has 0 saturated heterocycles. The Labute approximate surface area is 125 Å². The molecule has 2 unspecified atom stereocenters. The maximum Gasteiger partial charge on any atom is 0.166 e. The molecule has 0 heteroatoms. The van der Waals surface area contributed by atoms with Crippen LogP contribution in [0.4, 0.5) is 0 Å². The molecule has 0 heterocycles. The molecule has 0 bridgehead atoms. The summed E-state index contributed by atoms with van der Waals surface area (Å²) in [7, 11) is 0. The van der Waals surface area contributed by atoms with E-state index in [1.807, 2.05) is 13.8 Å². The molecule has 0 aromatic carbocycles. The van der Waals surface area contributed by atoms with Crippen molar-refractivity contribution in [3.8, 4) is 59.7 Å². The minimum Gasteiger partial charge on any atom is -0.120 e. The second kappa shape index (κ2) is 10.7. The zero-order chi connectivity index (χ0) is 15.3. The summed E-state index contributed by atoms with van der Waals surface area (Å²) in [6, 6.07) is 0. The van der Waals surface area contributed by atoms with E-state index >= 15 is 0 Å².